The molecule has 0 saturated heterocycles. The van der Waals surface area contributed by atoms with E-state index in [2.05, 4.69) is 4.98 Å². The number of nitrogens with one attached hydrogen (secondary N) is 1. The van der Waals surface area contributed by atoms with Crippen LogP contribution in [0.1, 0.15) is 11.3 Å². The van der Waals surface area contributed by atoms with Crippen molar-refractivity contribution in [2.45, 2.75) is 13.1 Å². The van der Waals surface area contributed by atoms with Crippen molar-refractivity contribution in [3.05, 3.63) is 43.7 Å². The van der Waals surface area contributed by atoms with Crippen molar-refractivity contribution in [2.24, 2.45) is 0 Å². The van der Waals surface area contributed by atoms with Gasteiger partial charge in [-0.15, -0.1) is 0 Å². The molecule has 1 heterocycles. The number of aromatic nitrogens is 1. The third-order valence-electron chi connectivity index (χ3n) is 2.55. The molecule has 0 unspecified atom stereocenters. The maximum Gasteiger partial charge on any atom is 0.431 e. The van der Waals surface area contributed by atoms with Crippen molar-refractivity contribution < 1.29 is 13.2 Å². The van der Waals surface area contributed by atoms with Crippen LogP contribution in [0.3, 0.4) is 0 Å². The minimum absolute atomic E-state index is 0.0277. The molecule has 2 rings (SSSR count). The minimum Gasteiger partial charge on any atom is -0.349 e. The average molecular weight is 296 g/mol. The van der Waals surface area contributed by atoms with Crippen LogP contribution in [0.5, 0.6) is 0 Å². The first-order valence-corrected chi connectivity index (χ1v) is 5.56. The van der Waals surface area contributed by atoms with Crippen molar-refractivity contribution in [3.63, 3.8) is 0 Å². The van der Waals surface area contributed by atoms with Gasteiger partial charge in [0.15, 0.2) is 5.43 Å². The summed E-state index contributed by atoms with van der Waals surface area (Å²) in [6.07, 6.45) is -4.64. The van der Waals surface area contributed by atoms with Gasteiger partial charge in [-0.25, -0.2) is 0 Å². The maximum absolute atomic E-state index is 12.7. The predicted octanol–water partition coefficient (Wildman–Crippen LogP) is 4.16. The van der Waals surface area contributed by atoms with Gasteiger partial charge in [-0.05, 0) is 19.1 Å². The van der Waals surface area contributed by atoms with Gasteiger partial charge in [0.05, 0.1) is 10.5 Å². The fourth-order valence-electron chi connectivity index (χ4n) is 1.70. The van der Waals surface area contributed by atoms with Gasteiger partial charge in [0.1, 0.15) is 5.69 Å². The molecular formula is C11H6Cl2F3NO. The van der Waals surface area contributed by atoms with Gasteiger partial charge in [-0.1, -0.05) is 23.2 Å². The molecular weight excluding hydrogens is 290 g/mol. The largest absolute Gasteiger partial charge is 0.431 e. The summed E-state index contributed by atoms with van der Waals surface area (Å²) in [5, 5.41) is 0.204. The molecule has 0 bridgehead atoms. The lowest BCUT2D eigenvalue weighted by molar-refractivity contribution is -0.141. The van der Waals surface area contributed by atoms with Crippen LogP contribution < -0.4 is 5.43 Å². The number of aromatic amines is 1. The monoisotopic (exact) mass is 295 g/mol. The molecule has 0 fully saturated rings. The second-order valence-corrected chi connectivity index (χ2v) is 4.61. The van der Waals surface area contributed by atoms with Crippen molar-refractivity contribution in [3.8, 4) is 0 Å². The van der Waals surface area contributed by atoms with Crippen molar-refractivity contribution in [2.75, 3.05) is 0 Å². The number of halogens is 5. The van der Waals surface area contributed by atoms with Gasteiger partial charge in [0.2, 0.25) is 0 Å². The molecule has 1 aromatic heterocycles. The fraction of sp³-hybridized carbons (Fsp3) is 0.182. The number of hydrogen-bond donors (Lipinski definition) is 1. The van der Waals surface area contributed by atoms with Crippen molar-refractivity contribution in [1.29, 1.82) is 0 Å². The van der Waals surface area contributed by atoms with Crippen molar-refractivity contribution >= 4 is 34.1 Å². The molecule has 0 amide bonds. The molecule has 96 valence electrons. The number of benzene rings is 1. The highest BCUT2D eigenvalue weighted by Crippen LogP contribution is 2.32. The number of hydrogen-bond acceptors (Lipinski definition) is 1. The molecule has 0 atom stereocenters. The van der Waals surface area contributed by atoms with E-state index in [1.807, 2.05) is 0 Å². The number of pyridine rings is 1. The average Bonchev–Trinajstić information content (AvgIpc) is 2.22. The summed E-state index contributed by atoms with van der Waals surface area (Å²) in [5.74, 6) is 0. The summed E-state index contributed by atoms with van der Waals surface area (Å²) in [5.41, 5.74) is -2.30. The summed E-state index contributed by atoms with van der Waals surface area (Å²) in [4.78, 5) is 14.0. The third kappa shape index (κ3) is 2.08. The molecule has 2 nitrogen and oxygen atoms in total. The van der Waals surface area contributed by atoms with E-state index >= 15 is 0 Å². The first-order valence-electron chi connectivity index (χ1n) is 4.80. The zero-order valence-corrected chi connectivity index (χ0v) is 10.5. The van der Waals surface area contributed by atoms with Crippen LogP contribution in [0, 0.1) is 6.92 Å². The molecule has 2 aromatic rings. The maximum atomic E-state index is 12.7. The quantitative estimate of drug-likeness (QED) is 0.778. The molecule has 18 heavy (non-hydrogen) atoms. The van der Waals surface area contributed by atoms with E-state index in [-0.39, 0.29) is 20.9 Å². The Morgan fingerprint density at radius 1 is 1.22 bits per heavy atom. The summed E-state index contributed by atoms with van der Waals surface area (Å²) < 4.78 is 38.2. The zero-order valence-electron chi connectivity index (χ0n) is 8.95. The molecule has 0 aliphatic carbocycles. The smallest absolute Gasteiger partial charge is 0.349 e. The van der Waals surface area contributed by atoms with E-state index in [0.29, 0.717) is 0 Å². The molecule has 1 N–H and O–H groups in total. The molecule has 0 aliphatic heterocycles. The Bertz CT molecular complexity index is 691. The predicted molar refractivity (Wildman–Crippen MR) is 64.3 cm³/mol. The Labute approximate surface area is 109 Å². The normalized spacial score (nSPS) is 12.1. The van der Waals surface area contributed by atoms with Gasteiger partial charge >= 0.3 is 6.18 Å². The van der Waals surface area contributed by atoms with Crippen LogP contribution in [-0.2, 0) is 6.18 Å². The number of rotatable bonds is 0. The number of alkyl halides is 3. The van der Waals surface area contributed by atoms with E-state index in [0.717, 1.165) is 6.92 Å². The zero-order chi connectivity index (χ0) is 13.7. The molecule has 0 spiro atoms. The fourth-order valence-corrected chi connectivity index (χ4v) is 2.24. The highest BCUT2D eigenvalue weighted by atomic mass is 35.5. The van der Waals surface area contributed by atoms with Gasteiger partial charge in [-0.2, -0.15) is 13.2 Å². The van der Waals surface area contributed by atoms with Gasteiger partial charge in [0, 0.05) is 16.0 Å². The Morgan fingerprint density at radius 3 is 2.39 bits per heavy atom. The Kier molecular flexibility index (Phi) is 3.07. The number of H-pyrrole nitrogens is 1. The molecule has 0 aliphatic rings. The highest BCUT2D eigenvalue weighted by molar-refractivity contribution is 6.38. The van der Waals surface area contributed by atoms with E-state index in [1.165, 1.54) is 12.1 Å². The molecule has 7 heteroatoms. The lowest BCUT2D eigenvalue weighted by Gasteiger charge is -2.12. The first-order chi connectivity index (χ1) is 8.21. The standard InChI is InChI=1S/C11H6Cl2F3NO/c1-4-9(18)6-2-5(12)3-7(13)8(6)17-10(4)11(14,15)16/h2-3H,1H3,(H,17,18). The van der Waals surface area contributed by atoms with Gasteiger partial charge < -0.3 is 4.98 Å². The van der Waals surface area contributed by atoms with E-state index in [1.54, 1.807) is 0 Å². The van der Waals surface area contributed by atoms with Crippen LogP contribution in [0.15, 0.2) is 16.9 Å². The lowest BCUT2D eigenvalue weighted by Crippen LogP contribution is -2.18. The SMILES string of the molecule is Cc1c(C(F)(F)F)[nH]c2c(Cl)cc(Cl)cc2c1=O. The third-order valence-corrected chi connectivity index (χ3v) is 3.07. The summed E-state index contributed by atoms with van der Waals surface area (Å²) in [7, 11) is 0. The van der Waals surface area contributed by atoms with E-state index in [9.17, 15) is 18.0 Å². The second-order valence-electron chi connectivity index (χ2n) is 3.76. The molecule has 1 aromatic carbocycles. The van der Waals surface area contributed by atoms with Gasteiger partial charge in [0.25, 0.3) is 0 Å². The highest BCUT2D eigenvalue weighted by Gasteiger charge is 2.35. The summed E-state index contributed by atoms with van der Waals surface area (Å²) >= 11 is 11.5. The van der Waals surface area contributed by atoms with Crippen LogP contribution in [0.2, 0.25) is 10.0 Å². The second kappa shape index (κ2) is 4.17. The Balaban J connectivity index is 2.98. The van der Waals surface area contributed by atoms with Crippen LogP contribution >= 0.6 is 23.2 Å². The lowest BCUT2D eigenvalue weighted by atomic mass is 10.1. The van der Waals surface area contributed by atoms with E-state index in [4.69, 9.17) is 23.2 Å². The summed E-state index contributed by atoms with van der Waals surface area (Å²) in [6, 6.07) is 2.56. The van der Waals surface area contributed by atoms with Crippen LogP contribution in [0.4, 0.5) is 13.2 Å². The molecule has 0 saturated carbocycles. The van der Waals surface area contributed by atoms with Crippen LogP contribution in [0.25, 0.3) is 10.9 Å². The van der Waals surface area contributed by atoms with E-state index < -0.39 is 22.9 Å². The van der Waals surface area contributed by atoms with Gasteiger partial charge in [-0.3, -0.25) is 4.79 Å². The Hall–Kier alpha value is -1.20. The first kappa shape index (κ1) is 13.2. The molecule has 0 radical (unpaired) electrons. The number of fused-ring (bicyclic) bond motifs is 1. The topological polar surface area (TPSA) is 32.9 Å². The summed E-state index contributed by atoms with van der Waals surface area (Å²) in [6.45, 7) is 1.11. The Morgan fingerprint density at radius 2 is 1.83 bits per heavy atom. The minimum atomic E-state index is -4.64. The van der Waals surface area contributed by atoms with Crippen LogP contribution in [-0.4, -0.2) is 4.98 Å². The van der Waals surface area contributed by atoms with Crippen molar-refractivity contribution in [1.82, 2.24) is 4.98 Å².